The fourth-order valence-corrected chi connectivity index (χ4v) is 3.43. The van der Waals surface area contributed by atoms with Gasteiger partial charge in [-0.05, 0) is 29.2 Å². The highest BCUT2D eigenvalue weighted by atomic mass is 16.3. The molecular weight excluding hydrogens is 260 g/mol. The topological polar surface area (TPSA) is 40.5 Å². The quantitative estimate of drug-likeness (QED) is 0.885. The van der Waals surface area contributed by atoms with E-state index in [0.29, 0.717) is 0 Å². The predicted octanol–water partition coefficient (Wildman–Crippen LogP) is 3.36. The Balaban J connectivity index is 2.23. The smallest absolute Gasteiger partial charge is 0.121 e. The van der Waals surface area contributed by atoms with Crippen molar-refractivity contribution >= 4 is 5.57 Å². The van der Waals surface area contributed by atoms with Crippen molar-refractivity contribution in [3.8, 4) is 0 Å². The van der Waals surface area contributed by atoms with E-state index in [1.54, 1.807) is 0 Å². The molecule has 108 valence electrons. The van der Waals surface area contributed by atoms with Gasteiger partial charge in [0.25, 0.3) is 0 Å². The van der Waals surface area contributed by atoms with Crippen molar-refractivity contribution in [2.24, 2.45) is 5.92 Å². The van der Waals surface area contributed by atoms with Gasteiger partial charge >= 0.3 is 0 Å². The van der Waals surface area contributed by atoms with Gasteiger partial charge in [-0.1, -0.05) is 67.6 Å². The van der Waals surface area contributed by atoms with E-state index in [-0.39, 0.29) is 5.92 Å². The lowest BCUT2D eigenvalue weighted by molar-refractivity contribution is 0.00424. The molecule has 0 spiro atoms. The normalized spacial score (nSPS) is 29.0. The predicted molar refractivity (Wildman–Crippen MR) is 84.5 cm³/mol. The lowest BCUT2D eigenvalue weighted by Crippen LogP contribution is -2.35. The number of hydrogen-bond donors (Lipinski definition) is 2. The summed E-state index contributed by atoms with van der Waals surface area (Å²) in [7, 11) is 0. The summed E-state index contributed by atoms with van der Waals surface area (Å²) < 4.78 is 0. The van der Waals surface area contributed by atoms with Crippen LogP contribution in [0.5, 0.6) is 0 Å². The average Bonchev–Trinajstić information content (AvgIpc) is 2.71. The molecule has 0 saturated carbocycles. The molecular formula is C19H20O2. The van der Waals surface area contributed by atoms with Gasteiger partial charge in [0.1, 0.15) is 5.60 Å². The summed E-state index contributed by atoms with van der Waals surface area (Å²) in [5, 5.41) is 21.9. The number of aliphatic hydroxyl groups is 2. The van der Waals surface area contributed by atoms with Gasteiger partial charge in [0.2, 0.25) is 0 Å². The zero-order valence-corrected chi connectivity index (χ0v) is 12.3. The van der Waals surface area contributed by atoms with Crippen LogP contribution in [-0.4, -0.2) is 16.3 Å². The van der Waals surface area contributed by atoms with Gasteiger partial charge in [-0.25, -0.2) is 0 Å². The maximum Gasteiger partial charge on any atom is 0.121 e. The third-order valence-electron chi connectivity index (χ3n) is 4.63. The van der Waals surface area contributed by atoms with Crippen LogP contribution in [0.2, 0.25) is 0 Å². The first-order chi connectivity index (χ1) is 10.1. The third kappa shape index (κ3) is 2.03. The minimum Gasteiger partial charge on any atom is -0.388 e. The van der Waals surface area contributed by atoms with Crippen LogP contribution >= 0.6 is 0 Å². The molecule has 0 saturated heterocycles. The van der Waals surface area contributed by atoms with Crippen molar-refractivity contribution in [2.75, 3.05) is 0 Å². The molecule has 0 bridgehead atoms. The first-order valence-corrected chi connectivity index (χ1v) is 7.29. The fraction of sp³-hybridized carbons (Fsp3) is 0.263. The zero-order valence-electron chi connectivity index (χ0n) is 12.3. The van der Waals surface area contributed by atoms with Gasteiger partial charge in [-0.3, -0.25) is 0 Å². The molecule has 0 aromatic heterocycles. The van der Waals surface area contributed by atoms with Crippen LogP contribution in [0.25, 0.3) is 5.57 Å². The van der Waals surface area contributed by atoms with Crippen molar-refractivity contribution in [3.63, 3.8) is 0 Å². The second-order valence-electron chi connectivity index (χ2n) is 5.79. The Morgan fingerprint density at radius 2 is 1.43 bits per heavy atom. The van der Waals surface area contributed by atoms with Crippen LogP contribution in [0.4, 0.5) is 0 Å². The Morgan fingerprint density at radius 1 is 0.905 bits per heavy atom. The molecule has 2 nitrogen and oxygen atoms in total. The fourth-order valence-electron chi connectivity index (χ4n) is 3.43. The lowest BCUT2D eigenvalue weighted by atomic mass is 9.78. The van der Waals surface area contributed by atoms with Crippen LogP contribution in [-0.2, 0) is 5.60 Å². The summed E-state index contributed by atoms with van der Waals surface area (Å²) in [5.41, 5.74) is 2.30. The molecule has 1 aliphatic rings. The van der Waals surface area contributed by atoms with Gasteiger partial charge in [0.15, 0.2) is 0 Å². The van der Waals surface area contributed by atoms with Gasteiger partial charge in [-0.2, -0.15) is 0 Å². The van der Waals surface area contributed by atoms with Crippen molar-refractivity contribution in [1.29, 1.82) is 0 Å². The highest BCUT2D eigenvalue weighted by Crippen LogP contribution is 2.51. The molecule has 0 heterocycles. The Kier molecular flexibility index (Phi) is 3.44. The van der Waals surface area contributed by atoms with Crippen molar-refractivity contribution < 1.29 is 10.2 Å². The molecule has 0 fully saturated rings. The molecule has 1 aliphatic carbocycles. The summed E-state index contributed by atoms with van der Waals surface area (Å²) in [6.45, 7) is 3.81. The molecule has 0 unspecified atom stereocenters. The Morgan fingerprint density at radius 3 is 2.00 bits per heavy atom. The van der Waals surface area contributed by atoms with Gasteiger partial charge < -0.3 is 10.2 Å². The number of rotatable bonds is 2. The molecule has 2 aromatic rings. The van der Waals surface area contributed by atoms with E-state index < -0.39 is 11.7 Å². The SMILES string of the molecule is CC1=C(c2ccccc2)[C@](O)(c2ccccc2)[C@@H](C)[C@@H]1O. The van der Waals surface area contributed by atoms with E-state index in [1.807, 2.05) is 74.5 Å². The molecule has 2 heteroatoms. The van der Waals surface area contributed by atoms with E-state index in [4.69, 9.17) is 0 Å². The van der Waals surface area contributed by atoms with Gasteiger partial charge in [-0.15, -0.1) is 0 Å². The van der Waals surface area contributed by atoms with Crippen molar-refractivity contribution in [2.45, 2.75) is 25.6 Å². The third-order valence-corrected chi connectivity index (χ3v) is 4.63. The summed E-state index contributed by atoms with van der Waals surface area (Å²) in [6, 6.07) is 19.4. The molecule has 0 radical (unpaired) electrons. The van der Waals surface area contributed by atoms with Crippen molar-refractivity contribution in [1.82, 2.24) is 0 Å². The van der Waals surface area contributed by atoms with Crippen LogP contribution in [0.15, 0.2) is 66.2 Å². The van der Waals surface area contributed by atoms with Crippen LogP contribution in [0, 0.1) is 5.92 Å². The van der Waals surface area contributed by atoms with E-state index in [9.17, 15) is 10.2 Å². The zero-order chi connectivity index (χ0) is 15.0. The van der Waals surface area contributed by atoms with Crippen molar-refractivity contribution in [3.05, 3.63) is 77.4 Å². The van der Waals surface area contributed by atoms with E-state index in [1.165, 1.54) is 0 Å². The molecule has 0 aliphatic heterocycles. The minimum absolute atomic E-state index is 0.282. The summed E-state index contributed by atoms with van der Waals surface area (Å²) in [6.07, 6.45) is -0.634. The average molecular weight is 280 g/mol. The van der Waals surface area contributed by atoms with Gasteiger partial charge in [0, 0.05) is 5.92 Å². The Hall–Kier alpha value is -1.90. The largest absolute Gasteiger partial charge is 0.388 e. The van der Waals surface area contributed by atoms with Crippen LogP contribution < -0.4 is 0 Å². The lowest BCUT2D eigenvalue weighted by Gasteiger charge is -2.33. The van der Waals surface area contributed by atoms with E-state index in [0.717, 1.165) is 22.3 Å². The maximum absolute atomic E-state index is 11.5. The minimum atomic E-state index is -1.16. The molecule has 3 atom stereocenters. The van der Waals surface area contributed by atoms with E-state index in [2.05, 4.69) is 0 Å². The molecule has 21 heavy (non-hydrogen) atoms. The first kappa shape index (κ1) is 14.1. The molecule has 3 rings (SSSR count). The Labute approximate surface area is 125 Å². The standard InChI is InChI=1S/C19H20O2/c1-13-17(15-9-5-3-6-10-15)19(21,14(2)18(13)20)16-11-7-4-8-12-16/h3-12,14,18,20-21H,1-2H3/t14-,18+,19+/m0/s1. The number of aliphatic hydroxyl groups excluding tert-OH is 1. The highest BCUT2D eigenvalue weighted by Gasteiger charge is 2.50. The van der Waals surface area contributed by atoms with E-state index >= 15 is 0 Å². The van der Waals surface area contributed by atoms with Gasteiger partial charge in [0.05, 0.1) is 6.10 Å². The summed E-state index contributed by atoms with van der Waals surface area (Å²) in [4.78, 5) is 0. The van der Waals surface area contributed by atoms with Crippen LogP contribution in [0.1, 0.15) is 25.0 Å². The monoisotopic (exact) mass is 280 g/mol. The molecule has 2 N–H and O–H groups in total. The number of benzene rings is 2. The number of hydrogen-bond acceptors (Lipinski definition) is 2. The highest BCUT2D eigenvalue weighted by molar-refractivity contribution is 5.79. The second-order valence-corrected chi connectivity index (χ2v) is 5.79. The summed E-state index contributed by atoms with van der Waals surface area (Å²) >= 11 is 0. The summed E-state index contributed by atoms with van der Waals surface area (Å²) in [5.74, 6) is -0.282. The Bertz CT molecular complexity index is 660. The maximum atomic E-state index is 11.5. The molecule has 2 aromatic carbocycles. The second kappa shape index (κ2) is 5.14. The first-order valence-electron chi connectivity index (χ1n) is 7.29. The van der Waals surface area contributed by atoms with Crippen LogP contribution in [0.3, 0.4) is 0 Å². The molecule has 0 amide bonds.